The van der Waals surface area contributed by atoms with Gasteiger partial charge in [0.2, 0.25) is 0 Å². The lowest BCUT2D eigenvalue weighted by Gasteiger charge is -2.19. The molecule has 0 fully saturated rings. The summed E-state index contributed by atoms with van der Waals surface area (Å²) in [6.45, 7) is 2.14. The Morgan fingerprint density at radius 1 is 1.05 bits per heavy atom. The Balaban J connectivity index is 2.42. The highest BCUT2D eigenvalue weighted by Crippen LogP contribution is 2.40. The molecule has 0 heterocycles. The van der Waals surface area contributed by atoms with Gasteiger partial charge in [-0.25, -0.2) is 0 Å². The third-order valence-electron chi connectivity index (χ3n) is 3.60. The monoisotopic (exact) mass is 349 g/mol. The predicted octanol–water partition coefficient (Wildman–Crippen LogP) is 4.08. The third-order valence-corrected chi connectivity index (χ3v) is 4.35. The standard InChI is InChI=1S/C17H20BrNO2/c1-4-11-5-7-12(8-6-11)16(19)13-9-10-14(20-2)15(18)17(13)21-3/h5-10,16H,4,19H2,1-3H3. The van der Waals surface area contributed by atoms with Crippen LogP contribution >= 0.6 is 15.9 Å². The van der Waals surface area contributed by atoms with E-state index in [1.807, 2.05) is 12.1 Å². The first-order chi connectivity index (χ1) is 10.1. The molecule has 0 aliphatic heterocycles. The quantitative estimate of drug-likeness (QED) is 0.884. The van der Waals surface area contributed by atoms with Crippen molar-refractivity contribution in [2.24, 2.45) is 5.73 Å². The lowest BCUT2D eigenvalue weighted by molar-refractivity contribution is 0.385. The zero-order valence-corrected chi connectivity index (χ0v) is 14.1. The van der Waals surface area contributed by atoms with E-state index >= 15 is 0 Å². The Morgan fingerprint density at radius 2 is 1.71 bits per heavy atom. The second-order valence-electron chi connectivity index (χ2n) is 4.78. The molecule has 2 aromatic carbocycles. The molecule has 1 unspecified atom stereocenters. The first-order valence-corrected chi connectivity index (χ1v) is 7.66. The molecule has 21 heavy (non-hydrogen) atoms. The number of nitrogens with two attached hydrogens (primary N) is 1. The second-order valence-corrected chi connectivity index (χ2v) is 5.57. The SMILES string of the molecule is CCc1ccc(C(N)c2ccc(OC)c(Br)c2OC)cc1. The van der Waals surface area contributed by atoms with Gasteiger partial charge in [0, 0.05) is 5.56 Å². The molecule has 2 aromatic rings. The fraction of sp³-hybridized carbons (Fsp3) is 0.294. The summed E-state index contributed by atoms with van der Waals surface area (Å²) in [5.74, 6) is 1.44. The molecule has 2 N–H and O–H groups in total. The zero-order chi connectivity index (χ0) is 15.4. The molecular weight excluding hydrogens is 330 g/mol. The van der Waals surface area contributed by atoms with Gasteiger partial charge in [0.15, 0.2) is 0 Å². The number of methoxy groups -OCH3 is 2. The van der Waals surface area contributed by atoms with Gasteiger partial charge in [-0.2, -0.15) is 0 Å². The normalized spacial score (nSPS) is 12.0. The first-order valence-electron chi connectivity index (χ1n) is 6.87. The van der Waals surface area contributed by atoms with Crippen molar-refractivity contribution >= 4 is 15.9 Å². The van der Waals surface area contributed by atoms with Crippen LogP contribution in [0.25, 0.3) is 0 Å². The molecule has 0 aromatic heterocycles. The molecular formula is C17H20BrNO2. The average Bonchev–Trinajstić information content (AvgIpc) is 2.54. The predicted molar refractivity (Wildman–Crippen MR) is 89.1 cm³/mol. The maximum absolute atomic E-state index is 6.40. The highest BCUT2D eigenvalue weighted by Gasteiger charge is 2.19. The van der Waals surface area contributed by atoms with Gasteiger partial charge in [0.1, 0.15) is 16.0 Å². The van der Waals surface area contributed by atoms with Crippen LogP contribution in [0.3, 0.4) is 0 Å². The molecule has 2 rings (SSSR count). The third kappa shape index (κ3) is 3.22. The molecule has 1 atom stereocenters. The van der Waals surface area contributed by atoms with Gasteiger partial charge in [-0.05, 0) is 45.6 Å². The zero-order valence-electron chi connectivity index (χ0n) is 12.5. The van der Waals surface area contributed by atoms with Gasteiger partial charge < -0.3 is 15.2 Å². The van der Waals surface area contributed by atoms with Crippen LogP contribution in [-0.2, 0) is 6.42 Å². The highest BCUT2D eigenvalue weighted by molar-refractivity contribution is 9.10. The van der Waals surface area contributed by atoms with Gasteiger partial charge in [0.05, 0.1) is 20.3 Å². The number of aryl methyl sites for hydroxylation is 1. The largest absolute Gasteiger partial charge is 0.495 e. The molecule has 112 valence electrons. The number of hydrogen-bond acceptors (Lipinski definition) is 3. The van der Waals surface area contributed by atoms with Crippen LogP contribution in [0, 0.1) is 0 Å². The van der Waals surface area contributed by atoms with E-state index in [-0.39, 0.29) is 6.04 Å². The Hall–Kier alpha value is -1.52. The van der Waals surface area contributed by atoms with Gasteiger partial charge in [-0.3, -0.25) is 0 Å². The Morgan fingerprint density at radius 3 is 2.24 bits per heavy atom. The Kier molecular flexibility index (Phi) is 5.26. The van der Waals surface area contributed by atoms with E-state index in [2.05, 4.69) is 47.1 Å². The molecule has 0 saturated heterocycles. The summed E-state index contributed by atoms with van der Waals surface area (Å²) in [6.07, 6.45) is 1.02. The summed E-state index contributed by atoms with van der Waals surface area (Å²) in [5, 5.41) is 0. The van der Waals surface area contributed by atoms with E-state index in [0.717, 1.165) is 27.8 Å². The van der Waals surface area contributed by atoms with E-state index < -0.39 is 0 Å². The minimum absolute atomic E-state index is 0.243. The summed E-state index contributed by atoms with van der Waals surface area (Å²) in [4.78, 5) is 0. The summed E-state index contributed by atoms with van der Waals surface area (Å²) in [6, 6.07) is 12.0. The van der Waals surface area contributed by atoms with Gasteiger partial charge in [-0.1, -0.05) is 31.2 Å². The minimum atomic E-state index is -0.243. The fourth-order valence-electron chi connectivity index (χ4n) is 2.30. The molecule has 0 saturated carbocycles. The van der Waals surface area contributed by atoms with Crippen LogP contribution in [0.15, 0.2) is 40.9 Å². The number of rotatable bonds is 5. The van der Waals surface area contributed by atoms with Gasteiger partial charge >= 0.3 is 0 Å². The lowest BCUT2D eigenvalue weighted by atomic mass is 9.97. The molecule has 0 amide bonds. The van der Waals surface area contributed by atoms with Crippen LogP contribution < -0.4 is 15.2 Å². The van der Waals surface area contributed by atoms with Crippen LogP contribution in [-0.4, -0.2) is 14.2 Å². The van der Waals surface area contributed by atoms with Crippen LogP contribution in [0.5, 0.6) is 11.5 Å². The fourth-order valence-corrected chi connectivity index (χ4v) is 2.99. The van der Waals surface area contributed by atoms with Crippen LogP contribution in [0.2, 0.25) is 0 Å². The molecule has 0 bridgehead atoms. The Labute approximate surface area is 134 Å². The van der Waals surface area contributed by atoms with E-state index in [1.165, 1.54) is 5.56 Å². The van der Waals surface area contributed by atoms with E-state index in [9.17, 15) is 0 Å². The van der Waals surface area contributed by atoms with Crippen molar-refractivity contribution in [2.75, 3.05) is 14.2 Å². The van der Waals surface area contributed by atoms with Crippen molar-refractivity contribution in [3.63, 3.8) is 0 Å². The summed E-state index contributed by atoms with van der Waals surface area (Å²) in [7, 11) is 3.26. The van der Waals surface area contributed by atoms with Crippen molar-refractivity contribution in [1.82, 2.24) is 0 Å². The molecule has 3 nitrogen and oxygen atoms in total. The summed E-state index contributed by atoms with van der Waals surface area (Å²) >= 11 is 3.51. The first kappa shape index (κ1) is 15.9. The molecule has 0 aliphatic carbocycles. The smallest absolute Gasteiger partial charge is 0.141 e. The summed E-state index contributed by atoms with van der Waals surface area (Å²) in [5.41, 5.74) is 9.69. The minimum Gasteiger partial charge on any atom is -0.495 e. The second kappa shape index (κ2) is 6.96. The van der Waals surface area contributed by atoms with E-state index in [0.29, 0.717) is 5.75 Å². The van der Waals surface area contributed by atoms with Crippen LogP contribution in [0.1, 0.15) is 29.7 Å². The van der Waals surface area contributed by atoms with Crippen molar-refractivity contribution in [3.8, 4) is 11.5 Å². The van der Waals surface area contributed by atoms with E-state index in [1.54, 1.807) is 14.2 Å². The topological polar surface area (TPSA) is 44.5 Å². The van der Waals surface area contributed by atoms with Crippen molar-refractivity contribution in [2.45, 2.75) is 19.4 Å². The van der Waals surface area contributed by atoms with Crippen molar-refractivity contribution in [1.29, 1.82) is 0 Å². The number of benzene rings is 2. The average molecular weight is 350 g/mol. The lowest BCUT2D eigenvalue weighted by Crippen LogP contribution is -2.13. The molecule has 0 aliphatic rings. The van der Waals surface area contributed by atoms with Crippen LogP contribution in [0.4, 0.5) is 0 Å². The van der Waals surface area contributed by atoms with Crippen molar-refractivity contribution in [3.05, 3.63) is 57.6 Å². The van der Waals surface area contributed by atoms with Gasteiger partial charge in [0.25, 0.3) is 0 Å². The summed E-state index contributed by atoms with van der Waals surface area (Å²) < 4.78 is 11.6. The molecule has 4 heteroatoms. The Bertz CT molecular complexity index is 611. The van der Waals surface area contributed by atoms with Gasteiger partial charge in [-0.15, -0.1) is 0 Å². The van der Waals surface area contributed by atoms with Crippen molar-refractivity contribution < 1.29 is 9.47 Å². The maximum Gasteiger partial charge on any atom is 0.141 e. The molecule has 0 spiro atoms. The maximum atomic E-state index is 6.40. The highest BCUT2D eigenvalue weighted by atomic mass is 79.9. The number of hydrogen-bond donors (Lipinski definition) is 1. The number of ether oxygens (including phenoxy) is 2. The number of halogens is 1. The molecule has 0 radical (unpaired) electrons. The van der Waals surface area contributed by atoms with E-state index in [4.69, 9.17) is 15.2 Å².